The van der Waals surface area contributed by atoms with E-state index in [2.05, 4.69) is 24.3 Å². The lowest BCUT2D eigenvalue weighted by atomic mass is 9.58. The van der Waals surface area contributed by atoms with Gasteiger partial charge in [-0.2, -0.15) is 15.8 Å². The molecule has 1 aromatic heterocycles. The van der Waals surface area contributed by atoms with Crippen molar-refractivity contribution in [1.29, 1.82) is 15.8 Å². The van der Waals surface area contributed by atoms with E-state index in [4.69, 9.17) is 5.73 Å². The lowest BCUT2D eigenvalue weighted by Crippen LogP contribution is -2.42. The zero-order valence-corrected chi connectivity index (χ0v) is 13.7. The Balaban J connectivity index is 2.33. The normalized spacial score (nSPS) is 25.6. The van der Waals surface area contributed by atoms with Crippen LogP contribution < -0.4 is 5.73 Å². The van der Waals surface area contributed by atoms with E-state index in [1.165, 1.54) is 0 Å². The van der Waals surface area contributed by atoms with Crippen LogP contribution in [0, 0.1) is 52.2 Å². The van der Waals surface area contributed by atoms with E-state index in [0.29, 0.717) is 5.57 Å². The largest absolute Gasteiger partial charge is 0.399 e. The van der Waals surface area contributed by atoms with E-state index in [1.54, 1.807) is 11.3 Å². The number of fused-ring (bicyclic) bond motifs is 1. The molecule has 0 saturated heterocycles. The Kier molecular flexibility index (Phi) is 3.72. The Hall–Kier alpha value is -2.55. The molecule has 114 valence electrons. The average Bonchev–Trinajstić information content (AvgIpc) is 3.00. The van der Waals surface area contributed by atoms with Crippen molar-refractivity contribution in [3.8, 4) is 18.2 Å². The van der Waals surface area contributed by atoms with E-state index in [-0.39, 0.29) is 17.5 Å². The summed E-state index contributed by atoms with van der Waals surface area (Å²) in [5, 5.41) is 29.2. The zero-order valence-electron chi connectivity index (χ0n) is 12.8. The molecular formula is C18H16N4S. The maximum absolute atomic E-state index is 9.84. The standard InChI is InChI=1S/C18H16N4S/c1-11-6-7-15(23-11)16-13-5-3-2-4-12(13)14(8-19)17(22)18(16,9-20)10-21/h4,6-7,13,16H,2-3,5,22H2,1H3/t13-,16+/m1/s1. The van der Waals surface area contributed by atoms with Crippen molar-refractivity contribution in [2.45, 2.75) is 32.1 Å². The second-order valence-corrected chi connectivity index (χ2v) is 7.37. The van der Waals surface area contributed by atoms with Crippen LogP contribution in [0.2, 0.25) is 0 Å². The maximum atomic E-state index is 9.84. The number of nitrogens with zero attached hydrogens (tertiary/aromatic N) is 3. The monoisotopic (exact) mass is 320 g/mol. The van der Waals surface area contributed by atoms with Crippen LogP contribution in [0.5, 0.6) is 0 Å². The number of hydrogen-bond donors (Lipinski definition) is 1. The van der Waals surface area contributed by atoms with E-state index < -0.39 is 5.41 Å². The van der Waals surface area contributed by atoms with E-state index in [9.17, 15) is 15.8 Å². The summed E-state index contributed by atoms with van der Waals surface area (Å²) < 4.78 is 0. The lowest BCUT2D eigenvalue weighted by Gasteiger charge is -2.42. The quantitative estimate of drug-likeness (QED) is 0.854. The second kappa shape index (κ2) is 5.58. The molecule has 1 aromatic rings. The van der Waals surface area contributed by atoms with Gasteiger partial charge in [0, 0.05) is 15.7 Å². The summed E-state index contributed by atoms with van der Waals surface area (Å²) in [4.78, 5) is 2.14. The van der Waals surface area contributed by atoms with Gasteiger partial charge in [-0.05, 0) is 49.8 Å². The number of aryl methyl sites for hydroxylation is 1. The van der Waals surface area contributed by atoms with Gasteiger partial charge >= 0.3 is 0 Å². The highest BCUT2D eigenvalue weighted by Crippen LogP contribution is 2.56. The van der Waals surface area contributed by atoms with Crippen molar-refractivity contribution in [2.24, 2.45) is 17.1 Å². The molecule has 3 rings (SSSR count). The van der Waals surface area contributed by atoms with Crippen LogP contribution in [0.4, 0.5) is 0 Å². The van der Waals surface area contributed by atoms with Crippen molar-refractivity contribution < 1.29 is 0 Å². The molecule has 0 amide bonds. The first-order chi connectivity index (χ1) is 11.1. The fourth-order valence-electron chi connectivity index (χ4n) is 3.80. The van der Waals surface area contributed by atoms with Crippen LogP contribution in [0.15, 0.2) is 35.1 Å². The second-order valence-electron chi connectivity index (χ2n) is 6.06. The molecule has 2 N–H and O–H groups in total. The van der Waals surface area contributed by atoms with E-state index in [1.807, 2.05) is 19.1 Å². The first-order valence-corrected chi connectivity index (χ1v) is 8.40. The smallest absolute Gasteiger partial charge is 0.192 e. The molecule has 0 aromatic carbocycles. The summed E-state index contributed by atoms with van der Waals surface area (Å²) >= 11 is 1.60. The first-order valence-electron chi connectivity index (χ1n) is 7.58. The maximum Gasteiger partial charge on any atom is 0.192 e. The van der Waals surface area contributed by atoms with Crippen LogP contribution in [0.25, 0.3) is 0 Å². The minimum Gasteiger partial charge on any atom is -0.399 e. The predicted molar refractivity (Wildman–Crippen MR) is 87.7 cm³/mol. The minimum absolute atomic E-state index is 0.00282. The van der Waals surface area contributed by atoms with E-state index in [0.717, 1.165) is 34.6 Å². The van der Waals surface area contributed by atoms with Gasteiger partial charge in [-0.1, -0.05) is 6.08 Å². The number of thiophene rings is 1. The van der Waals surface area contributed by atoms with Crippen molar-refractivity contribution in [1.82, 2.24) is 0 Å². The molecule has 4 nitrogen and oxygen atoms in total. The van der Waals surface area contributed by atoms with Gasteiger partial charge in [-0.3, -0.25) is 0 Å². The highest BCUT2D eigenvalue weighted by atomic mass is 32.1. The Labute approximate surface area is 139 Å². The van der Waals surface area contributed by atoms with Gasteiger partial charge in [-0.15, -0.1) is 11.3 Å². The topological polar surface area (TPSA) is 97.4 Å². The zero-order chi connectivity index (χ0) is 16.6. The van der Waals surface area contributed by atoms with Gasteiger partial charge in [0.25, 0.3) is 0 Å². The van der Waals surface area contributed by atoms with Gasteiger partial charge in [-0.25, -0.2) is 0 Å². The molecule has 23 heavy (non-hydrogen) atoms. The average molecular weight is 320 g/mol. The molecule has 0 radical (unpaired) electrons. The van der Waals surface area contributed by atoms with Crippen LogP contribution >= 0.6 is 11.3 Å². The van der Waals surface area contributed by atoms with Crippen molar-refractivity contribution >= 4 is 11.3 Å². The van der Waals surface area contributed by atoms with Crippen molar-refractivity contribution in [3.63, 3.8) is 0 Å². The third kappa shape index (κ3) is 2.07. The minimum atomic E-state index is -1.47. The van der Waals surface area contributed by atoms with Gasteiger partial charge in [0.1, 0.15) is 6.07 Å². The Morgan fingerprint density at radius 3 is 2.57 bits per heavy atom. The third-order valence-corrected chi connectivity index (χ3v) is 5.95. The van der Waals surface area contributed by atoms with E-state index >= 15 is 0 Å². The molecule has 2 aliphatic carbocycles. The van der Waals surface area contributed by atoms with Crippen LogP contribution in [0.1, 0.15) is 34.9 Å². The van der Waals surface area contributed by atoms with Gasteiger partial charge in [0.15, 0.2) is 5.41 Å². The van der Waals surface area contributed by atoms with Crippen LogP contribution in [0.3, 0.4) is 0 Å². The van der Waals surface area contributed by atoms with Crippen molar-refractivity contribution in [3.05, 3.63) is 44.8 Å². The molecule has 0 aliphatic heterocycles. The molecule has 5 heteroatoms. The number of rotatable bonds is 1. The van der Waals surface area contributed by atoms with Gasteiger partial charge in [0.2, 0.25) is 0 Å². The van der Waals surface area contributed by atoms with Gasteiger partial charge in [0.05, 0.1) is 23.4 Å². The molecule has 1 heterocycles. The number of nitrogens with two attached hydrogens (primary N) is 1. The lowest BCUT2D eigenvalue weighted by molar-refractivity contribution is 0.321. The summed E-state index contributed by atoms with van der Waals surface area (Å²) in [6.07, 6.45) is 4.84. The first kappa shape index (κ1) is 15.3. The molecule has 0 saturated carbocycles. The summed E-state index contributed by atoms with van der Waals surface area (Å²) in [6.45, 7) is 2.01. The van der Waals surface area contributed by atoms with Crippen molar-refractivity contribution in [2.75, 3.05) is 0 Å². The molecule has 0 fully saturated rings. The summed E-state index contributed by atoms with van der Waals surface area (Å²) in [7, 11) is 0. The Morgan fingerprint density at radius 2 is 2.00 bits per heavy atom. The fraction of sp³-hybridized carbons (Fsp3) is 0.389. The third-order valence-electron chi connectivity index (χ3n) is 4.87. The Bertz CT molecular complexity index is 824. The SMILES string of the molecule is Cc1ccc([C@@H]2[C@@H]3CCCC=C3C(C#N)=C(N)C2(C#N)C#N)s1. The number of hydrogen-bond acceptors (Lipinski definition) is 5. The fourth-order valence-corrected chi connectivity index (χ4v) is 4.91. The van der Waals surface area contributed by atoms with Crippen LogP contribution in [-0.4, -0.2) is 0 Å². The highest BCUT2D eigenvalue weighted by molar-refractivity contribution is 7.12. The molecule has 0 unspecified atom stereocenters. The molecule has 0 bridgehead atoms. The summed E-state index contributed by atoms with van der Waals surface area (Å²) in [5.74, 6) is -0.303. The molecular weight excluding hydrogens is 304 g/mol. The predicted octanol–water partition coefficient (Wildman–Crippen LogP) is 3.65. The summed E-state index contributed by atoms with van der Waals surface area (Å²) in [5.41, 5.74) is 6.11. The molecule has 2 atom stereocenters. The van der Waals surface area contributed by atoms with Crippen LogP contribution in [-0.2, 0) is 0 Å². The summed E-state index contributed by atoms with van der Waals surface area (Å²) in [6, 6.07) is 10.5. The molecule has 0 spiro atoms. The number of allylic oxidation sites excluding steroid dienone is 4. The Morgan fingerprint density at radius 1 is 1.26 bits per heavy atom. The molecule has 2 aliphatic rings. The number of nitriles is 3. The highest BCUT2D eigenvalue weighted by Gasteiger charge is 2.54. The van der Waals surface area contributed by atoms with Gasteiger partial charge < -0.3 is 5.73 Å².